The third kappa shape index (κ3) is 4.01. The predicted octanol–water partition coefficient (Wildman–Crippen LogP) is 6.72. The van der Waals surface area contributed by atoms with Gasteiger partial charge in [-0.15, -0.1) is 0 Å². The van der Waals surface area contributed by atoms with Gasteiger partial charge in [0.25, 0.3) is 0 Å². The van der Waals surface area contributed by atoms with Gasteiger partial charge >= 0.3 is 11.8 Å². The lowest BCUT2D eigenvalue weighted by Gasteiger charge is -2.32. The summed E-state index contributed by atoms with van der Waals surface area (Å²) in [6.07, 6.45) is -4.05. The largest absolute Gasteiger partial charge is 0.471 e. The summed E-state index contributed by atoms with van der Waals surface area (Å²) in [6.45, 7) is 2.03. The fraction of sp³-hybridized carbons (Fsp3) is 0.192. The van der Waals surface area contributed by atoms with Crippen molar-refractivity contribution in [1.82, 2.24) is 0 Å². The second-order valence-electron chi connectivity index (χ2n) is 8.22. The van der Waals surface area contributed by atoms with Crippen molar-refractivity contribution in [3.05, 3.63) is 104 Å². The molecule has 0 atom stereocenters. The Bertz CT molecular complexity index is 1450. The Hall–Kier alpha value is -3.45. The number of halogens is 4. The maximum absolute atomic E-state index is 13.2. The number of benzene rings is 3. The van der Waals surface area contributed by atoms with Gasteiger partial charge in [0.2, 0.25) is 0 Å². The van der Waals surface area contributed by atoms with Crippen LogP contribution in [0.5, 0.6) is 5.75 Å². The highest BCUT2D eigenvalue weighted by molar-refractivity contribution is 6.33. The van der Waals surface area contributed by atoms with Crippen molar-refractivity contribution >= 4 is 28.3 Å². The van der Waals surface area contributed by atoms with Crippen molar-refractivity contribution in [3.63, 3.8) is 0 Å². The summed E-state index contributed by atoms with van der Waals surface area (Å²) in [6, 6.07) is 16.3. The first-order chi connectivity index (χ1) is 16.2. The minimum atomic E-state index is -4.46. The molecule has 0 amide bonds. The van der Waals surface area contributed by atoms with Crippen LogP contribution in [-0.4, -0.2) is 6.73 Å². The topological polar surface area (TPSA) is 42.7 Å². The summed E-state index contributed by atoms with van der Waals surface area (Å²) in [4.78, 5) is 14.6. The van der Waals surface area contributed by atoms with Gasteiger partial charge in [-0.05, 0) is 42.3 Å². The molecule has 0 saturated heterocycles. The van der Waals surface area contributed by atoms with E-state index in [1.807, 2.05) is 37.3 Å². The van der Waals surface area contributed by atoms with Crippen LogP contribution in [-0.2, 0) is 19.1 Å². The van der Waals surface area contributed by atoms with Gasteiger partial charge in [-0.3, -0.25) is 0 Å². The molecule has 1 aliphatic heterocycles. The Morgan fingerprint density at radius 2 is 1.82 bits per heavy atom. The minimum Gasteiger partial charge on any atom is -0.471 e. The molecule has 0 N–H and O–H groups in total. The first-order valence-corrected chi connectivity index (χ1v) is 11.0. The molecule has 5 rings (SSSR count). The molecule has 0 fully saturated rings. The number of alkyl halides is 3. The van der Waals surface area contributed by atoms with Crippen molar-refractivity contribution in [2.24, 2.45) is 0 Å². The Morgan fingerprint density at radius 3 is 2.56 bits per heavy atom. The van der Waals surface area contributed by atoms with E-state index in [1.165, 1.54) is 6.07 Å². The zero-order chi connectivity index (χ0) is 24.0. The molecule has 0 radical (unpaired) electrons. The van der Waals surface area contributed by atoms with Crippen LogP contribution in [0.2, 0.25) is 5.02 Å². The Balaban J connectivity index is 1.59. The van der Waals surface area contributed by atoms with E-state index in [4.69, 9.17) is 20.8 Å². The van der Waals surface area contributed by atoms with Gasteiger partial charge in [0.05, 0.1) is 22.7 Å². The molecule has 0 spiro atoms. The second-order valence-corrected chi connectivity index (χ2v) is 8.62. The molecule has 1 aromatic heterocycles. The molecule has 0 bridgehead atoms. The van der Waals surface area contributed by atoms with Gasteiger partial charge < -0.3 is 14.1 Å². The number of rotatable bonds is 3. The van der Waals surface area contributed by atoms with Crippen LogP contribution in [0.3, 0.4) is 0 Å². The highest BCUT2D eigenvalue weighted by atomic mass is 35.5. The molecule has 8 heteroatoms. The van der Waals surface area contributed by atoms with Crippen molar-refractivity contribution in [3.8, 4) is 5.75 Å². The smallest absolute Gasteiger partial charge is 0.416 e. The lowest BCUT2D eigenvalue weighted by atomic mass is 9.97. The minimum absolute atomic E-state index is 0.00877. The van der Waals surface area contributed by atoms with Crippen molar-refractivity contribution in [2.75, 3.05) is 11.6 Å². The summed E-state index contributed by atoms with van der Waals surface area (Å²) in [5, 5.41) is 1.03. The highest BCUT2D eigenvalue weighted by Gasteiger charge is 2.32. The van der Waals surface area contributed by atoms with Crippen molar-refractivity contribution in [1.29, 1.82) is 0 Å². The molecule has 4 nitrogen and oxygen atoms in total. The van der Waals surface area contributed by atoms with Crippen LogP contribution >= 0.6 is 11.6 Å². The molecule has 3 aromatic carbocycles. The fourth-order valence-electron chi connectivity index (χ4n) is 4.26. The van der Waals surface area contributed by atoms with Crippen molar-refractivity contribution < 1.29 is 22.3 Å². The predicted molar refractivity (Wildman–Crippen MR) is 125 cm³/mol. The normalized spacial score (nSPS) is 13.6. The lowest BCUT2D eigenvalue weighted by molar-refractivity contribution is -0.137. The van der Waals surface area contributed by atoms with Gasteiger partial charge in [0.15, 0.2) is 6.73 Å². The summed E-state index contributed by atoms with van der Waals surface area (Å²) < 4.78 is 51.2. The number of aryl methyl sites for hydroxylation is 1. The molecule has 0 unspecified atom stereocenters. The van der Waals surface area contributed by atoms with E-state index in [1.54, 1.807) is 17.0 Å². The summed E-state index contributed by atoms with van der Waals surface area (Å²) >= 11 is 6.51. The maximum Gasteiger partial charge on any atom is 0.416 e. The first kappa shape index (κ1) is 22.3. The standard InChI is InChI=1S/C26H19ClF3NO3/c1-15-19-12-22(27)24-21(23(19)34-25(32)20(15)10-16-6-3-2-4-7-16)13-31(14-33-24)18-9-5-8-17(11-18)26(28,29)30/h2-9,11-12H,10,13-14H2,1H3. The quantitative estimate of drug-likeness (QED) is 0.302. The Kier molecular flexibility index (Phi) is 5.52. The molecule has 0 saturated carbocycles. The van der Waals surface area contributed by atoms with E-state index in [0.29, 0.717) is 45.0 Å². The lowest BCUT2D eigenvalue weighted by Crippen LogP contribution is -2.32. The van der Waals surface area contributed by atoms with E-state index in [0.717, 1.165) is 23.3 Å². The van der Waals surface area contributed by atoms with Crippen LogP contribution in [0.1, 0.15) is 27.8 Å². The summed E-state index contributed by atoms with van der Waals surface area (Å²) in [5.74, 6) is 0.371. The average molecular weight is 486 g/mol. The summed E-state index contributed by atoms with van der Waals surface area (Å²) in [7, 11) is 0. The van der Waals surface area contributed by atoms with Gasteiger partial charge in [0, 0.05) is 23.1 Å². The Labute approximate surface area is 198 Å². The monoisotopic (exact) mass is 485 g/mol. The number of nitrogens with zero attached hydrogens (tertiary/aromatic N) is 1. The van der Waals surface area contributed by atoms with Gasteiger partial charge in [-0.2, -0.15) is 13.2 Å². The molecule has 2 heterocycles. The molecule has 174 valence electrons. The van der Waals surface area contributed by atoms with Gasteiger partial charge in [0.1, 0.15) is 11.3 Å². The molecule has 1 aliphatic rings. The Morgan fingerprint density at radius 1 is 1.06 bits per heavy atom. The number of anilines is 1. The molecule has 34 heavy (non-hydrogen) atoms. The van der Waals surface area contributed by atoms with Crippen LogP contribution in [0, 0.1) is 6.92 Å². The van der Waals surface area contributed by atoms with Crippen LogP contribution in [0.4, 0.5) is 18.9 Å². The van der Waals surface area contributed by atoms with E-state index in [9.17, 15) is 18.0 Å². The first-order valence-electron chi connectivity index (χ1n) is 10.6. The van der Waals surface area contributed by atoms with Crippen LogP contribution < -0.4 is 15.3 Å². The second kappa shape index (κ2) is 8.40. The van der Waals surface area contributed by atoms with Crippen molar-refractivity contribution in [2.45, 2.75) is 26.1 Å². The molecular formula is C26H19ClF3NO3. The number of hydrogen-bond acceptors (Lipinski definition) is 4. The number of fused-ring (bicyclic) bond motifs is 3. The maximum atomic E-state index is 13.2. The highest BCUT2D eigenvalue weighted by Crippen LogP contribution is 2.41. The van der Waals surface area contributed by atoms with E-state index < -0.39 is 17.4 Å². The number of ether oxygens (including phenoxy) is 1. The molecule has 4 aromatic rings. The molecular weight excluding hydrogens is 467 g/mol. The van der Waals surface area contributed by atoms with E-state index in [-0.39, 0.29) is 13.3 Å². The average Bonchev–Trinajstić information content (AvgIpc) is 2.83. The van der Waals surface area contributed by atoms with Gasteiger partial charge in [-0.1, -0.05) is 48.0 Å². The third-order valence-electron chi connectivity index (χ3n) is 6.05. The van der Waals surface area contributed by atoms with Crippen LogP contribution in [0.25, 0.3) is 11.0 Å². The third-order valence-corrected chi connectivity index (χ3v) is 6.34. The fourth-order valence-corrected chi connectivity index (χ4v) is 4.54. The van der Waals surface area contributed by atoms with E-state index >= 15 is 0 Å². The van der Waals surface area contributed by atoms with Crippen LogP contribution in [0.15, 0.2) is 69.9 Å². The van der Waals surface area contributed by atoms with E-state index in [2.05, 4.69) is 0 Å². The molecule has 0 aliphatic carbocycles. The zero-order valence-corrected chi connectivity index (χ0v) is 18.8. The summed E-state index contributed by atoms with van der Waals surface area (Å²) in [5.41, 5.74) is 2.23. The number of hydrogen-bond donors (Lipinski definition) is 0. The zero-order valence-electron chi connectivity index (χ0n) is 18.1. The van der Waals surface area contributed by atoms with Gasteiger partial charge in [-0.25, -0.2) is 4.79 Å². The SMILES string of the molecule is Cc1c(Cc2ccccc2)c(=O)oc2c3c(c(Cl)cc12)OCN(c1cccc(C(F)(F)F)c1)C3.